The highest BCUT2D eigenvalue weighted by Gasteiger charge is 2.23. The van der Waals surface area contributed by atoms with Crippen LogP contribution in [0.15, 0.2) is 73.8 Å². The highest BCUT2D eigenvalue weighted by atomic mass is 16.3. The highest BCUT2D eigenvalue weighted by molar-refractivity contribution is 5.36. The van der Waals surface area contributed by atoms with Crippen LogP contribution >= 0.6 is 0 Å². The Balaban J connectivity index is 2.35. The van der Waals surface area contributed by atoms with Crippen molar-refractivity contribution in [2.75, 3.05) is 0 Å². The van der Waals surface area contributed by atoms with Crippen LogP contribution in [-0.4, -0.2) is 10.2 Å². The van der Waals surface area contributed by atoms with Crippen LogP contribution in [-0.2, 0) is 12.8 Å². The smallest absolute Gasteiger partial charge is 0.109 e. The lowest BCUT2D eigenvalue weighted by molar-refractivity contribution is 0.0163. The number of aliphatic hydroxyl groups excluding tert-OH is 2. The van der Waals surface area contributed by atoms with Gasteiger partial charge < -0.3 is 10.2 Å². The van der Waals surface area contributed by atoms with Crippen molar-refractivity contribution in [3.8, 4) is 0 Å². The molecule has 2 nitrogen and oxygen atoms in total. The topological polar surface area (TPSA) is 40.5 Å². The average Bonchev–Trinajstić information content (AvgIpc) is 2.55. The maximum Gasteiger partial charge on any atom is 0.109 e. The average molecular weight is 294 g/mol. The van der Waals surface area contributed by atoms with Crippen LogP contribution in [0, 0.1) is 0 Å². The number of hydrogen-bond donors (Lipinski definition) is 2. The van der Waals surface area contributed by atoms with E-state index in [4.69, 9.17) is 0 Å². The molecule has 0 saturated heterocycles. The van der Waals surface area contributed by atoms with E-state index in [9.17, 15) is 10.2 Å². The monoisotopic (exact) mass is 294 g/mol. The quantitative estimate of drug-likeness (QED) is 0.760. The summed E-state index contributed by atoms with van der Waals surface area (Å²) in [5.74, 6) is 0. The van der Waals surface area contributed by atoms with Crippen LogP contribution in [0.25, 0.3) is 0 Å². The SMILES string of the molecule is C=CCc1ccccc1[C@H](O)[C@@H](O)c1ccccc1CC=C. The largest absolute Gasteiger partial charge is 0.385 e. The van der Waals surface area contributed by atoms with E-state index in [0.717, 1.165) is 22.3 Å². The van der Waals surface area contributed by atoms with E-state index >= 15 is 0 Å². The zero-order valence-corrected chi connectivity index (χ0v) is 12.7. The Labute approximate surface area is 132 Å². The Morgan fingerprint density at radius 2 is 1.09 bits per heavy atom. The van der Waals surface area contributed by atoms with Gasteiger partial charge in [0.2, 0.25) is 0 Å². The number of benzene rings is 2. The summed E-state index contributed by atoms with van der Waals surface area (Å²) < 4.78 is 0. The Hall–Kier alpha value is -2.16. The van der Waals surface area contributed by atoms with E-state index in [1.54, 1.807) is 12.2 Å². The second-order valence-electron chi connectivity index (χ2n) is 5.27. The third-order valence-electron chi connectivity index (χ3n) is 3.78. The lowest BCUT2D eigenvalue weighted by Crippen LogP contribution is -2.14. The third-order valence-corrected chi connectivity index (χ3v) is 3.78. The predicted molar refractivity (Wildman–Crippen MR) is 90.6 cm³/mol. The van der Waals surface area contributed by atoms with E-state index in [2.05, 4.69) is 13.2 Å². The van der Waals surface area contributed by atoms with Crippen LogP contribution in [0.4, 0.5) is 0 Å². The summed E-state index contributed by atoms with van der Waals surface area (Å²) in [6.07, 6.45) is 2.97. The van der Waals surface area contributed by atoms with E-state index < -0.39 is 12.2 Å². The van der Waals surface area contributed by atoms with Crippen LogP contribution in [0.5, 0.6) is 0 Å². The van der Waals surface area contributed by atoms with Crippen molar-refractivity contribution < 1.29 is 10.2 Å². The van der Waals surface area contributed by atoms with Gasteiger partial charge in [-0.1, -0.05) is 60.7 Å². The number of rotatable bonds is 7. The van der Waals surface area contributed by atoms with E-state index in [0.29, 0.717) is 12.8 Å². The molecular formula is C20H22O2. The zero-order chi connectivity index (χ0) is 15.9. The molecule has 0 heterocycles. The standard InChI is InChI=1S/C20H22O2/c1-3-9-15-11-5-7-13-17(15)19(21)20(22)18-14-8-6-12-16(18)10-4-2/h3-8,11-14,19-22H,1-2,9-10H2/t19-,20-/m0/s1. The van der Waals surface area contributed by atoms with Gasteiger partial charge in [0.1, 0.15) is 12.2 Å². The molecule has 2 N–H and O–H groups in total. The summed E-state index contributed by atoms with van der Waals surface area (Å²) in [5, 5.41) is 21.3. The summed E-state index contributed by atoms with van der Waals surface area (Å²) >= 11 is 0. The molecule has 2 heteroatoms. The molecule has 2 aromatic carbocycles. The minimum atomic E-state index is -0.970. The first kappa shape index (κ1) is 16.2. The van der Waals surface area contributed by atoms with E-state index in [1.165, 1.54) is 0 Å². The number of allylic oxidation sites excluding steroid dienone is 2. The first-order valence-corrected chi connectivity index (χ1v) is 7.42. The van der Waals surface area contributed by atoms with E-state index in [1.807, 2.05) is 48.5 Å². The molecule has 0 spiro atoms. The second kappa shape index (κ2) is 7.74. The van der Waals surface area contributed by atoms with Gasteiger partial charge >= 0.3 is 0 Å². The van der Waals surface area contributed by atoms with Gasteiger partial charge in [-0.05, 0) is 35.1 Å². The molecule has 0 fully saturated rings. The molecule has 0 saturated carbocycles. The lowest BCUT2D eigenvalue weighted by Gasteiger charge is -2.22. The number of aliphatic hydroxyl groups is 2. The first-order chi connectivity index (χ1) is 10.7. The van der Waals surface area contributed by atoms with Gasteiger partial charge in [0.15, 0.2) is 0 Å². The molecule has 114 valence electrons. The van der Waals surface area contributed by atoms with Crippen molar-refractivity contribution in [2.45, 2.75) is 25.0 Å². The molecule has 2 aromatic rings. The van der Waals surface area contributed by atoms with Crippen LogP contribution in [0.3, 0.4) is 0 Å². The Bertz CT molecular complexity index is 588. The Morgan fingerprint density at radius 3 is 1.45 bits per heavy atom. The van der Waals surface area contributed by atoms with Crippen molar-refractivity contribution >= 4 is 0 Å². The van der Waals surface area contributed by atoms with Crippen molar-refractivity contribution in [3.05, 3.63) is 96.1 Å². The summed E-state index contributed by atoms with van der Waals surface area (Å²) in [4.78, 5) is 0. The molecule has 2 atom stereocenters. The zero-order valence-electron chi connectivity index (χ0n) is 12.7. The van der Waals surface area contributed by atoms with Crippen molar-refractivity contribution in [3.63, 3.8) is 0 Å². The maximum absolute atomic E-state index is 10.6. The molecule has 0 radical (unpaired) electrons. The fourth-order valence-corrected chi connectivity index (χ4v) is 2.67. The van der Waals surface area contributed by atoms with Gasteiger partial charge in [-0.15, -0.1) is 13.2 Å². The van der Waals surface area contributed by atoms with Gasteiger partial charge in [0.25, 0.3) is 0 Å². The molecule has 0 unspecified atom stereocenters. The lowest BCUT2D eigenvalue weighted by atomic mass is 9.90. The Kier molecular flexibility index (Phi) is 5.70. The summed E-state index contributed by atoms with van der Waals surface area (Å²) in [6, 6.07) is 15.2. The van der Waals surface area contributed by atoms with Crippen LogP contribution in [0.2, 0.25) is 0 Å². The van der Waals surface area contributed by atoms with Crippen LogP contribution in [0.1, 0.15) is 34.5 Å². The van der Waals surface area contributed by atoms with Crippen LogP contribution < -0.4 is 0 Å². The fourth-order valence-electron chi connectivity index (χ4n) is 2.67. The molecule has 22 heavy (non-hydrogen) atoms. The molecule has 0 aliphatic rings. The first-order valence-electron chi connectivity index (χ1n) is 7.42. The Morgan fingerprint density at radius 1 is 0.727 bits per heavy atom. The summed E-state index contributed by atoms with van der Waals surface area (Å²) in [5.41, 5.74) is 3.43. The summed E-state index contributed by atoms with van der Waals surface area (Å²) in [7, 11) is 0. The predicted octanol–water partition coefficient (Wildman–Crippen LogP) is 3.91. The van der Waals surface area contributed by atoms with E-state index in [-0.39, 0.29) is 0 Å². The minimum absolute atomic E-state index is 0.661. The van der Waals surface area contributed by atoms with Gasteiger partial charge in [-0.3, -0.25) is 0 Å². The molecular weight excluding hydrogens is 272 g/mol. The minimum Gasteiger partial charge on any atom is -0.385 e. The van der Waals surface area contributed by atoms with Gasteiger partial charge in [-0.25, -0.2) is 0 Å². The second-order valence-corrected chi connectivity index (χ2v) is 5.27. The normalized spacial score (nSPS) is 13.4. The molecule has 0 amide bonds. The van der Waals surface area contributed by atoms with Gasteiger partial charge in [0.05, 0.1) is 0 Å². The fraction of sp³-hybridized carbons (Fsp3) is 0.200. The third kappa shape index (κ3) is 3.53. The molecule has 0 aliphatic carbocycles. The molecule has 0 aliphatic heterocycles. The van der Waals surface area contributed by atoms with Crippen molar-refractivity contribution in [2.24, 2.45) is 0 Å². The number of hydrogen-bond acceptors (Lipinski definition) is 2. The van der Waals surface area contributed by atoms with Crippen molar-refractivity contribution in [1.82, 2.24) is 0 Å². The molecule has 0 aromatic heterocycles. The maximum atomic E-state index is 10.6. The van der Waals surface area contributed by atoms with Gasteiger partial charge in [0, 0.05) is 0 Å². The molecule has 2 rings (SSSR count). The van der Waals surface area contributed by atoms with Gasteiger partial charge in [-0.2, -0.15) is 0 Å². The summed E-state index contributed by atoms with van der Waals surface area (Å²) in [6.45, 7) is 7.49. The molecule has 0 bridgehead atoms. The van der Waals surface area contributed by atoms with Crippen molar-refractivity contribution in [1.29, 1.82) is 0 Å². The highest BCUT2D eigenvalue weighted by Crippen LogP contribution is 2.32.